The molecule has 1 rings (SSSR count). The van der Waals surface area contributed by atoms with Crippen LogP contribution < -0.4 is 16.0 Å². The third kappa shape index (κ3) is 4.12. The maximum Gasteiger partial charge on any atom is 0.242 e. The highest BCUT2D eigenvalue weighted by molar-refractivity contribution is 5.86. The van der Waals surface area contributed by atoms with Crippen molar-refractivity contribution >= 4 is 17.3 Å². The Labute approximate surface area is 115 Å². The third-order valence-corrected chi connectivity index (χ3v) is 3.28. The summed E-state index contributed by atoms with van der Waals surface area (Å²) in [6, 6.07) is 1.74. The Morgan fingerprint density at radius 3 is 2.79 bits per heavy atom. The average Bonchev–Trinajstić information content (AvgIpc) is 2.37. The van der Waals surface area contributed by atoms with Crippen LogP contribution in [0.25, 0.3) is 0 Å². The fourth-order valence-electron chi connectivity index (χ4n) is 1.97. The molecule has 1 aromatic heterocycles. The van der Waals surface area contributed by atoms with Gasteiger partial charge < -0.3 is 16.0 Å². The van der Waals surface area contributed by atoms with Gasteiger partial charge in [0, 0.05) is 19.3 Å². The van der Waals surface area contributed by atoms with Crippen molar-refractivity contribution in [1.82, 2.24) is 10.3 Å². The number of amides is 1. The molecule has 0 aliphatic rings. The summed E-state index contributed by atoms with van der Waals surface area (Å²) < 4.78 is 0. The van der Waals surface area contributed by atoms with Crippen LogP contribution in [0.2, 0.25) is 0 Å². The van der Waals surface area contributed by atoms with Gasteiger partial charge in [0.05, 0.1) is 17.6 Å². The van der Waals surface area contributed by atoms with Crippen molar-refractivity contribution in [2.24, 2.45) is 0 Å². The molecule has 19 heavy (non-hydrogen) atoms. The zero-order chi connectivity index (χ0) is 14.4. The summed E-state index contributed by atoms with van der Waals surface area (Å²) in [6.07, 6.45) is 5.31. The molecule has 0 aliphatic heterocycles. The van der Waals surface area contributed by atoms with E-state index >= 15 is 0 Å². The smallest absolute Gasteiger partial charge is 0.242 e. The zero-order valence-corrected chi connectivity index (χ0v) is 12.2. The number of carbonyl (C=O) groups excluding carboxylic acids is 1. The van der Waals surface area contributed by atoms with Crippen LogP contribution in [-0.4, -0.2) is 30.0 Å². The molecule has 106 valence electrons. The van der Waals surface area contributed by atoms with Crippen LogP contribution in [0.1, 0.15) is 33.6 Å². The lowest BCUT2D eigenvalue weighted by molar-refractivity contribution is -0.122. The molecule has 0 bridgehead atoms. The number of hydrogen-bond donors (Lipinski definition) is 2. The molecule has 1 amide bonds. The first-order chi connectivity index (χ1) is 8.97. The Morgan fingerprint density at radius 2 is 2.21 bits per heavy atom. The Balaban J connectivity index is 2.69. The van der Waals surface area contributed by atoms with Crippen LogP contribution in [0, 0.1) is 0 Å². The summed E-state index contributed by atoms with van der Waals surface area (Å²) >= 11 is 0. The van der Waals surface area contributed by atoms with Crippen LogP contribution >= 0.6 is 0 Å². The number of anilines is 2. The predicted octanol–water partition coefficient (Wildman–Crippen LogP) is 1.79. The van der Waals surface area contributed by atoms with Crippen LogP contribution in [0.4, 0.5) is 11.4 Å². The third-order valence-electron chi connectivity index (χ3n) is 3.28. The molecule has 0 saturated carbocycles. The summed E-state index contributed by atoms with van der Waals surface area (Å²) in [5.74, 6) is 0.0136. The molecule has 0 radical (unpaired) electrons. The number of nitrogen functional groups attached to an aromatic ring is 1. The molecular formula is C14H24N4O. The lowest BCUT2D eigenvalue weighted by Gasteiger charge is -2.28. The number of carbonyl (C=O) groups is 1. The molecule has 1 aromatic rings. The average molecular weight is 264 g/mol. The van der Waals surface area contributed by atoms with Crippen molar-refractivity contribution in [3.8, 4) is 0 Å². The monoisotopic (exact) mass is 264 g/mol. The minimum absolute atomic E-state index is 0.0136. The van der Waals surface area contributed by atoms with E-state index in [0.29, 0.717) is 5.69 Å². The molecule has 0 spiro atoms. The number of aromatic nitrogens is 1. The summed E-state index contributed by atoms with van der Waals surface area (Å²) in [5.41, 5.74) is 7.27. The first kappa shape index (κ1) is 15.3. The van der Waals surface area contributed by atoms with Gasteiger partial charge >= 0.3 is 0 Å². The van der Waals surface area contributed by atoms with Gasteiger partial charge in [0.2, 0.25) is 5.91 Å². The fourth-order valence-corrected chi connectivity index (χ4v) is 1.97. The summed E-state index contributed by atoms with van der Waals surface area (Å²) in [7, 11) is 1.86. The van der Waals surface area contributed by atoms with Crippen LogP contribution in [0.5, 0.6) is 0 Å². The van der Waals surface area contributed by atoms with Gasteiger partial charge in [-0.1, -0.05) is 13.3 Å². The number of hydrogen-bond acceptors (Lipinski definition) is 4. The summed E-state index contributed by atoms with van der Waals surface area (Å²) in [5, 5.41) is 3.01. The molecule has 1 heterocycles. The highest BCUT2D eigenvalue weighted by atomic mass is 16.2. The van der Waals surface area contributed by atoms with E-state index in [0.717, 1.165) is 18.5 Å². The number of likely N-dealkylation sites (N-methyl/N-ethyl adjacent to an activating group) is 1. The SMILES string of the molecule is CCCC(C)NC(=O)C(C)N(C)c1ccncc1N. The number of rotatable bonds is 6. The van der Waals surface area contributed by atoms with E-state index in [1.807, 2.05) is 31.9 Å². The lowest BCUT2D eigenvalue weighted by atomic mass is 10.1. The second-order valence-electron chi connectivity index (χ2n) is 4.92. The Morgan fingerprint density at radius 1 is 1.53 bits per heavy atom. The first-order valence-electron chi connectivity index (χ1n) is 6.70. The predicted molar refractivity (Wildman–Crippen MR) is 79.0 cm³/mol. The number of nitrogens with zero attached hydrogens (tertiary/aromatic N) is 2. The van der Waals surface area contributed by atoms with Gasteiger partial charge in [-0.05, 0) is 26.3 Å². The standard InChI is InChI=1S/C14H24N4O/c1-5-6-10(2)17-14(19)11(3)18(4)13-7-8-16-9-12(13)15/h7-11H,5-6,15H2,1-4H3,(H,17,19). The van der Waals surface area contributed by atoms with Crippen LogP contribution in [-0.2, 0) is 4.79 Å². The van der Waals surface area contributed by atoms with E-state index < -0.39 is 0 Å². The topological polar surface area (TPSA) is 71.2 Å². The molecule has 0 aromatic carbocycles. The first-order valence-corrected chi connectivity index (χ1v) is 6.70. The lowest BCUT2D eigenvalue weighted by Crippen LogP contribution is -2.46. The van der Waals surface area contributed by atoms with Crippen molar-refractivity contribution in [1.29, 1.82) is 0 Å². The molecule has 0 fully saturated rings. The van der Waals surface area contributed by atoms with E-state index in [2.05, 4.69) is 17.2 Å². The van der Waals surface area contributed by atoms with Gasteiger partial charge in [0.1, 0.15) is 6.04 Å². The van der Waals surface area contributed by atoms with Crippen LogP contribution in [0.3, 0.4) is 0 Å². The molecular weight excluding hydrogens is 240 g/mol. The van der Waals surface area contributed by atoms with E-state index in [4.69, 9.17) is 5.73 Å². The molecule has 2 unspecified atom stereocenters. The minimum atomic E-state index is -0.274. The second kappa shape index (κ2) is 6.97. The Kier molecular flexibility index (Phi) is 5.60. The maximum absolute atomic E-state index is 12.1. The molecule has 2 atom stereocenters. The van der Waals surface area contributed by atoms with Crippen molar-refractivity contribution in [2.75, 3.05) is 17.7 Å². The normalized spacial score (nSPS) is 13.7. The highest BCUT2D eigenvalue weighted by Gasteiger charge is 2.20. The van der Waals surface area contributed by atoms with E-state index in [9.17, 15) is 4.79 Å². The largest absolute Gasteiger partial charge is 0.396 e. The zero-order valence-electron chi connectivity index (χ0n) is 12.2. The molecule has 0 saturated heterocycles. The van der Waals surface area contributed by atoms with E-state index in [1.165, 1.54) is 0 Å². The Hall–Kier alpha value is -1.78. The fraction of sp³-hybridized carbons (Fsp3) is 0.571. The molecule has 5 heteroatoms. The van der Waals surface area contributed by atoms with Crippen molar-refractivity contribution in [3.63, 3.8) is 0 Å². The number of pyridine rings is 1. The number of nitrogens with two attached hydrogens (primary N) is 1. The number of nitrogens with one attached hydrogen (secondary N) is 1. The van der Waals surface area contributed by atoms with Gasteiger partial charge in [0.25, 0.3) is 0 Å². The van der Waals surface area contributed by atoms with Gasteiger partial charge in [-0.15, -0.1) is 0 Å². The summed E-state index contributed by atoms with van der Waals surface area (Å²) in [4.78, 5) is 18.0. The molecule has 0 aliphatic carbocycles. The van der Waals surface area contributed by atoms with Crippen molar-refractivity contribution in [2.45, 2.75) is 45.7 Å². The van der Waals surface area contributed by atoms with Gasteiger partial charge in [-0.25, -0.2) is 0 Å². The Bertz CT molecular complexity index is 422. The second-order valence-corrected chi connectivity index (χ2v) is 4.92. The van der Waals surface area contributed by atoms with Gasteiger partial charge in [-0.3, -0.25) is 9.78 Å². The maximum atomic E-state index is 12.1. The quantitative estimate of drug-likeness (QED) is 0.822. The van der Waals surface area contributed by atoms with Crippen LogP contribution in [0.15, 0.2) is 18.5 Å². The molecule has 3 N–H and O–H groups in total. The molecule has 5 nitrogen and oxygen atoms in total. The highest BCUT2D eigenvalue weighted by Crippen LogP contribution is 2.21. The van der Waals surface area contributed by atoms with E-state index in [-0.39, 0.29) is 18.0 Å². The summed E-state index contributed by atoms with van der Waals surface area (Å²) in [6.45, 7) is 6.00. The van der Waals surface area contributed by atoms with Crippen molar-refractivity contribution in [3.05, 3.63) is 18.5 Å². The van der Waals surface area contributed by atoms with Gasteiger partial charge in [0.15, 0.2) is 0 Å². The van der Waals surface area contributed by atoms with E-state index in [1.54, 1.807) is 12.4 Å². The van der Waals surface area contributed by atoms with Gasteiger partial charge in [-0.2, -0.15) is 0 Å². The van der Waals surface area contributed by atoms with Crippen molar-refractivity contribution < 1.29 is 4.79 Å². The minimum Gasteiger partial charge on any atom is -0.396 e.